The summed E-state index contributed by atoms with van der Waals surface area (Å²) in [4.78, 5) is 0. The number of hydrogen-bond acceptors (Lipinski definition) is 2. The predicted octanol–water partition coefficient (Wildman–Crippen LogP) is 2.91. The van der Waals surface area contributed by atoms with Crippen LogP contribution in [0.1, 0.15) is 6.92 Å². The minimum atomic E-state index is -0.626. The molecule has 1 aromatic rings. The van der Waals surface area contributed by atoms with Crippen molar-refractivity contribution >= 4 is 12.6 Å². The molecule has 1 unspecified atom stereocenters. The molecular weight excluding hydrogens is 206 g/mol. The standard InChI is InChI=1S/C10H12F2OS/c1-7(6-14)5-13-10-3-8(11)2-9(12)4-10/h2-4,7,14H,5-6H2,1H3. The Bertz CT molecular complexity index is 284. The smallest absolute Gasteiger partial charge is 0.129 e. The highest BCUT2D eigenvalue weighted by Crippen LogP contribution is 2.16. The maximum absolute atomic E-state index is 12.7. The molecule has 0 aliphatic rings. The van der Waals surface area contributed by atoms with Crippen molar-refractivity contribution in [2.75, 3.05) is 12.4 Å². The Morgan fingerprint density at radius 1 is 1.29 bits per heavy atom. The highest BCUT2D eigenvalue weighted by atomic mass is 32.1. The molecule has 14 heavy (non-hydrogen) atoms. The van der Waals surface area contributed by atoms with Crippen molar-refractivity contribution in [3.8, 4) is 5.75 Å². The van der Waals surface area contributed by atoms with Crippen LogP contribution in [0.2, 0.25) is 0 Å². The van der Waals surface area contributed by atoms with Gasteiger partial charge in [-0.15, -0.1) is 0 Å². The highest BCUT2D eigenvalue weighted by molar-refractivity contribution is 7.80. The summed E-state index contributed by atoms with van der Waals surface area (Å²) < 4.78 is 30.6. The van der Waals surface area contributed by atoms with E-state index in [1.54, 1.807) is 0 Å². The Hall–Kier alpha value is -0.770. The first kappa shape index (κ1) is 11.3. The van der Waals surface area contributed by atoms with Crippen molar-refractivity contribution in [2.24, 2.45) is 5.92 Å². The van der Waals surface area contributed by atoms with Gasteiger partial charge in [-0.25, -0.2) is 8.78 Å². The fraction of sp³-hybridized carbons (Fsp3) is 0.400. The summed E-state index contributed by atoms with van der Waals surface area (Å²) in [5.41, 5.74) is 0. The number of hydrogen-bond donors (Lipinski definition) is 1. The Balaban J connectivity index is 2.58. The molecule has 0 aromatic heterocycles. The quantitative estimate of drug-likeness (QED) is 0.764. The first-order valence-electron chi connectivity index (χ1n) is 4.31. The van der Waals surface area contributed by atoms with Gasteiger partial charge in [0.2, 0.25) is 0 Å². The molecule has 0 fully saturated rings. The van der Waals surface area contributed by atoms with Crippen molar-refractivity contribution in [2.45, 2.75) is 6.92 Å². The van der Waals surface area contributed by atoms with Gasteiger partial charge in [0.1, 0.15) is 17.4 Å². The van der Waals surface area contributed by atoms with Crippen LogP contribution in [-0.4, -0.2) is 12.4 Å². The molecule has 0 heterocycles. The van der Waals surface area contributed by atoms with Crippen LogP contribution in [-0.2, 0) is 0 Å². The third-order valence-electron chi connectivity index (χ3n) is 1.68. The summed E-state index contributed by atoms with van der Waals surface area (Å²) in [5, 5.41) is 0. The van der Waals surface area contributed by atoms with Crippen LogP contribution in [0.3, 0.4) is 0 Å². The summed E-state index contributed by atoms with van der Waals surface area (Å²) in [7, 11) is 0. The predicted molar refractivity (Wildman–Crippen MR) is 54.9 cm³/mol. The van der Waals surface area contributed by atoms with E-state index in [4.69, 9.17) is 4.74 Å². The van der Waals surface area contributed by atoms with Crippen LogP contribution < -0.4 is 4.74 Å². The highest BCUT2D eigenvalue weighted by Gasteiger charge is 2.04. The number of thiol groups is 1. The first-order chi connectivity index (χ1) is 6.61. The third kappa shape index (κ3) is 3.54. The second-order valence-electron chi connectivity index (χ2n) is 3.20. The summed E-state index contributed by atoms with van der Waals surface area (Å²) in [5.74, 6) is -0.101. The summed E-state index contributed by atoms with van der Waals surface area (Å²) in [6, 6.07) is 3.14. The molecule has 0 amide bonds. The van der Waals surface area contributed by atoms with Gasteiger partial charge in [-0.05, 0) is 11.7 Å². The van der Waals surface area contributed by atoms with Crippen LogP contribution in [0.25, 0.3) is 0 Å². The lowest BCUT2D eigenvalue weighted by Crippen LogP contribution is -2.09. The zero-order valence-corrected chi connectivity index (χ0v) is 8.73. The second kappa shape index (κ2) is 5.20. The molecule has 78 valence electrons. The second-order valence-corrected chi connectivity index (χ2v) is 3.57. The van der Waals surface area contributed by atoms with E-state index in [0.717, 1.165) is 18.2 Å². The molecule has 0 saturated heterocycles. The number of benzene rings is 1. The average molecular weight is 218 g/mol. The Kier molecular flexibility index (Phi) is 4.20. The minimum absolute atomic E-state index is 0.219. The third-order valence-corrected chi connectivity index (χ3v) is 2.31. The fourth-order valence-corrected chi connectivity index (χ4v) is 1.01. The molecule has 1 rings (SSSR count). The van der Waals surface area contributed by atoms with Gasteiger partial charge < -0.3 is 4.74 Å². The van der Waals surface area contributed by atoms with Crippen molar-refractivity contribution in [3.63, 3.8) is 0 Å². The molecule has 4 heteroatoms. The van der Waals surface area contributed by atoms with E-state index in [2.05, 4.69) is 12.6 Å². The minimum Gasteiger partial charge on any atom is -0.493 e. The number of ether oxygens (including phenoxy) is 1. The summed E-state index contributed by atoms with van der Waals surface area (Å²) >= 11 is 4.07. The van der Waals surface area contributed by atoms with E-state index >= 15 is 0 Å². The van der Waals surface area contributed by atoms with E-state index in [0.29, 0.717) is 12.4 Å². The maximum Gasteiger partial charge on any atom is 0.129 e. The van der Waals surface area contributed by atoms with E-state index < -0.39 is 11.6 Å². The lowest BCUT2D eigenvalue weighted by atomic mass is 10.2. The van der Waals surface area contributed by atoms with Crippen LogP contribution in [0, 0.1) is 17.6 Å². The van der Waals surface area contributed by atoms with E-state index in [9.17, 15) is 8.78 Å². The Morgan fingerprint density at radius 2 is 1.86 bits per heavy atom. The van der Waals surface area contributed by atoms with Crippen molar-refractivity contribution in [3.05, 3.63) is 29.8 Å². The first-order valence-corrected chi connectivity index (χ1v) is 4.95. The molecule has 0 saturated carbocycles. The van der Waals surface area contributed by atoms with Crippen molar-refractivity contribution < 1.29 is 13.5 Å². The molecule has 0 bridgehead atoms. The topological polar surface area (TPSA) is 9.23 Å². The van der Waals surface area contributed by atoms with Gasteiger partial charge in [-0.1, -0.05) is 6.92 Å². The van der Waals surface area contributed by atoms with Gasteiger partial charge in [0.15, 0.2) is 0 Å². The zero-order valence-electron chi connectivity index (χ0n) is 7.84. The van der Waals surface area contributed by atoms with Crippen molar-refractivity contribution in [1.29, 1.82) is 0 Å². The van der Waals surface area contributed by atoms with E-state index in [1.165, 1.54) is 0 Å². The molecule has 0 radical (unpaired) electrons. The van der Waals surface area contributed by atoms with Gasteiger partial charge in [0.05, 0.1) is 6.61 Å². The van der Waals surface area contributed by atoms with Crippen LogP contribution in [0.5, 0.6) is 5.75 Å². The van der Waals surface area contributed by atoms with Crippen LogP contribution in [0.4, 0.5) is 8.78 Å². The average Bonchev–Trinajstić information content (AvgIpc) is 2.12. The maximum atomic E-state index is 12.7. The molecule has 0 N–H and O–H groups in total. The fourth-order valence-electron chi connectivity index (χ4n) is 0.903. The van der Waals surface area contributed by atoms with Gasteiger partial charge in [-0.2, -0.15) is 12.6 Å². The van der Waals surface area contributed by atoms with Gasteiger partial charge in [0.25, 0.3) is 0 Å². The monoisotopic (exact) mass is 218 g/mol. The Labute approximate surface area is 87.5 Å². The lowest BCUT2D eigenvalue weighted by molar-refractivity contribution is 0.271. The van der Waals surface area contributed by atoms with Gasteiger partial charge in [-0.3, -0.25) is 0 Å². The van der Waals surface area contributed by atoms with Crippen LogP contribution >= 0.6 is 12.6 Å². The molecule has 0 aliphatic heterocycles. The molecule has 1 atom stereocenters. The summed E-state index contributed by atoms with van der Waals surface area (Å²) in [6.07, 6.45) is 0. The summed E-state index contributed by atoms with van der Waals surface area (Å²) in [6.45, 7) is 2.36. The molecule has 0 aliphatic carbocycles. The van der Waals surface area contributed by atoms with E-state index in [1.807, 2.05) is 6.92 Å². The Morgan fingerprint density at radius 3 is 2.36 bits per heavy atom. The van der Waals surface area contributed by atoms with Gasteiger partial charge >= 0.3 is 0 Å². The number of halogens is 2. The molecule has 0 spiro atoms. The molecule has 1 aromatic carbocycles. The van der Waals surface area contributed by atoms with E-state index in [-0.39, 0.29) is 11.7 Å². The largest absolute Gasteiger partial charge is 0.493 e. The normalized spacial score (nSPS) is 12.6. The molecular formula is C10H12F2OS. The number of rotatable bonds is 4. The van der Waals surface area contributed by atoms with Crippen molar-refractivity contribution in [1.82, 2.24) is 0 Å². The SMILES string of the molecule is CC(CS)COc1cc(F)cc(F)c1. The van der Waals surface area contributed by atoms with Crippen LogP contribution in [0.15, 0.2) is 18.2 Å². The zero-order chi connectivity index (χ0) is 10.6. The lowest BCUT2D eigenvalue weighted by Gasteiger charge is -2.10. The molecule has 1 nitrogen and oxygen atoms in total. The van der Waals surface area contributed by atoms with Gasteiger partial charge in [0, 0.05) is 18.2 Å².